The zero-order chi connectivity index (χ0) is 17.7. The highest BCUT2D eigenvalue weighted by atomic mass is 16.7. The number of aromatic nitrogens is 1. The molecule has 4 nitrogen and oxygen atoms in total. The third-order valence-electron chi connectivity index (χ3n) is 3.47. The van der Waals surface area contributed by atoms with Crippen molar-refractivity contribution in [2.75, 3.05) is 7.04 Å². The molecule has 0 aliphatic carbocycles. The maximum Gasteiger partial charge on any atom is 0.494 e. The number of rotatable bonds is 3. The zero-order valence-corrected chi connectivity index (χ0v) is 11.0. The van der Waals surface area contributed by atoms with Gasteiger partial charge in [0.1, 0.15) is 0 Å². The molecule has 5 heteroatoms. The smallest absolute Gasteiger partial charge is 0.399 e. The molecular weight excluding hydrogens is 229 g/mol. The molecule has 1 aliphatic heterocycles. The Labute approximate surface area is 116 Å². The van der Waals surface area contributed by atoms with E-state index in [2.05, 4.69) is 9.72 Å². The minimum absolute atomic E-state index is 0.152. The van der Waals surface area contributed by atoms with Crippen LogP contribution in [0.3, 0.4) is 0 Å². The van der Waals surface area contributed by atoms with E-state index in [1.165, 1.54) is 12.3 Å². The minimum Gasteiger partial charge on any atom is -0.399 e. The van der Waals surface area contributed by atoms with Gasteiger partial charge in [0.25, 0.3) is 0 Å². The molecule has 0 radical (unpaired) electrons. The summed E-state index contributed by atoms with van der Waals surface area (Å²) in [5.41, 5.74) is -0.669. The van der Waals surface area contributed by atoms with Gasteiger partial charge in [-0.3, -0.25) is 4.98 Å². The van der Waals surface area contributed by atoms with Crippen LogP contribution in [0, 0.1) is 0 Å². The van der Waals surface area contributed by atoms with Gasteiger partial charge in [0.15, 0.2) is 0 Å². The Bertz CT molecular complexity index is 575. The van der Waals surface area contributed by atoms with Crippen LogP contribution in [0.1, 0.15) is 40.2 Å². The van der Waals surface area contributed by atoms with E-state index in [1.807, 2.05) is 27.7 Å². The minimum atomic E-state index is -2.87. The summed E-state index contributed by atoms with van der Waals surface area (Å²) in [7, 11) is -3.56. The molecule has 0 spiro atoms. The SMILES string of the molecule is [2H]C([2H])([2H])OC([2H])([2H])c1cc(B2OC(C)(C)C(C)(C)O2)ccn1. The summed E-state index contributed by atoms with van der Waals surface area (Å²) in [5.74, 6) is 0. The number of pyridine rings is 1. The predicted molar refractivity (Wildman–Crippen MR) is 70.7 cm³/mol. The maximum atomic E-state index is 7.79. The van der Waals surface area contributed by atoms with Gasteiger partial charge in [0.2, 0.25) is 0 Å². The summed E-state index contributed by atoms with van der Waals surface area (Å²) in [6.07, 6.45) is 1.37. The summed E-state index contributed by atoms with van der Waals surface area (Å²) in [5, 5.41) is 0. The van der Waals surface area contributed by atoms with E-state index in [4.69, 9.17) is 16.2 Å². The molecule has 0 amide bonds. The van der Waals surface area contributed by atoms with E-state index in [0.717, 1.165) is 0 Å². The van der Waals surface area contributed by atoms with Gasteiger partial charge in [-0.05, 0) is 45.3 Å². The van der Waals surface area contributed by atoms with Gasteiger partial charge in [-0.15, -0.1) is 0 Å². The maximum absolute atomic E-state index is 7.79. The Balaban J connectivity index is 2.28. The molecular formula is C13H20BNO3. The zero-order valence-electron chi connectivity index (χ0n) is 16.0. The van der Waals surface area contributed by atoms with E-state index in [-0.39, 0.29) is 5.69 Å². The van der Waals surface area contributed by atoms with Crippen molar-refractivity contribution in [3.8, 4) is 0 Å². The Morgan fingerprint density at radius 1 is 1.39 bits per heavy atom. The van der Waals surface area contributed by atoms with Crippen molar-refractivity contribution in [2.24, 2.45) is 0 Å². The average Bonchev–Trinajstić information content (AvgIpc) is 2.56. The number of nitrogens with zero attached hydrogens (tertiary/aromatic N) is 1. The number of methoxy groups -OCH3 is 1. The van der Waals surface area contributed by atoms with E-state index in [0.29, 0.717) is 5.46 Å². The van der Waals surface area contributed by atoms with Crippen molar-refractivity contribution in [3.63, 3.8) is 0 Å². The van der Waals surface area contributed by atoms with Crippen LogP contribution in [0.4, 0.5) is 0 Å². The van der Waals surface area contributed by atoms with Crippen molar-refractivity contribution in [3.05, 3.63) is 24.0 Å². The molecule has 1 aromatic heterocycles. The van der Waals surface area contributed by atoms with Crippen molar-refractivity contribution in [1.82, 2.24) is 4.98 Å². The fourth-order valence-corrected chi connectivity index (χ4v) is 1.68. The first kappa shape index (κ1) is 8.30. The van der Waals surface area contributed by atoms with Crippen LogP contribution in [0.2, 0.25) is 0 Å². The number of ether oxygens (including phenoxy) is 1. The fraction of sp³-hybridized carbons (Fsp3) is 0.615. The summed E-state index contributed by atoms with van der Waals surface area (Å²) in [4.78, 5) is 3.88. The molecule has 2 rings (SSSR count). The van der Waals surface area contributed by atoms with Gasteiger partial charge in [-0.25, -0.2) is 0 Å². The van der Waals surface area contributed by atoms with E-state index < -0.39 is 31.9 Å². The molecule has 1 aliphatic rings. The molecule has 0 atom stereocenters. The molecule has 2 heterocycles. The predicted octanol–water partition coefficient (Wildman–Crippen LogP) is 1.53. The highest BCUT2D eigenvalue weighted by molar-refractivity contribution is 6.62. The second-order valence-electron chi connectivity index (χ2n) is 5.27. The van der Waals surface area contributed by atoms with Gasteiger partial charge in [-0.2, -0.15) is 0 Å². The quantitative estimate of drug-likeness (QED) is 0.767. The standard InChI is InChI=1S/C13H20BNO3/c1-12(2)13(3,4)18-14(17-12)10-6-7-15-11(8-10)9-16-5/h6-8H,9H2,1-5H3/i5D3,9D2. The van der Waals surface area contributed by atoms with Crippen LogP contribution in [0.15, 0.2) is 18.3 Å². The highest BCUT2D eigenvalue weighted by Crippen LogP contribution is 2.36. The molecule has 1 saturated heterocycles. The summed E-state index contributed by atoms with van der Waals surface area (Å²) in [6, 6.07) is 3.03. The van der Waals surface area contributed by atoms with E-state index in [1.54, 1.807) is 6.07 Å². The second kappa shape index (κ2) is 4.65. The summed E-state index contributed by atoms with van der Waals surface area (Å²) >= 11 is 0. The van der Waals surface area contributed by atoms with Crippen LogP contribution < -0.4 is 5.46 Å². The molecule has 1 aromatic rings. The number of hydrogen-bond acceptors (Lipinski definition) is 4. The molecule has 0 unspecified atom stereocenters. The lowest BCUT2D eigenvalue weighted by molar-refractivity contribution is 0.00578. The van der Waals surface area contributed by atoms with E-state index >= 15 is 0 Å². The van der Waals surface area contributed by atoms with Crippen LogP contribution >= 0.6 is 0 Å². The third kappa shape index (κ3) is 2.43. The monoisotopic (exact) mass is 254 g/mol. The van der Waals surface area contributed by atoms with Crippen molar-refractivity contribution in [2.45, 2.75) is 45.5 Å². The van der Waals surface area contributed by atoms with Gasteiger partial charge in [0, 0.05) is 13.2 Å². The summed E-state index contributed by atoms with van der Waals surface area (Å²) < 4.78 is 53.0. The topological polar surface area (TPSA) is 40.6 Å². The van der Waals surface area contributed by atoms with E-state index in [9.17, 15) is 0 Å². The van der Waals surface area contributed by atoms with Crippen LogP contribution in [0.25, 0.3) is 0 Å². The van der Waals surface area contributed by atoms with Gasteiger partial charge in [0.05, 0.1) is 30.3 Å². The largest absolute Gasteiger partial charge is 0.494 e. The van der Waals surface area contributed by atoms with Crippen molar-refractivity contribution in [1.29, 1.82) is 0 Å². The molecule has 0 N–H and O–H groups in total. The number of hydrogen-bond donors (Lipinski definition) is 0. The molecule has 0 bridgehead atoms. The highest BCUT2D eigenvalue weighted by Gasteiger charge is 2.51. The first-order valence-electron chi connectivity index (χ1n) is 8.26. The molecule has 0 aromatic carbocycles. The molecule has 0 saturated carbocycles. The van der Waals surface area contributed by atoms with Crippen LogP contribution in [-0.4, -0.2) is 30.3 Å². The molecule has 18 heavy (non-hydrogen) atoms. The molecule has 98 valence electrons. The van der Waals surface area contributed by atoms with Crippen LogP contribution in [-0.2, 0) is 20.6 Å². The van der Waals surface area contributed by atoms with Gasteiger partial charge >= 0.3 is 7.12 Å². The Hall–Kier alpha value is -0.905. The Morgan fingerprint density at radius 2 is 2.06 bits per heavy atom. The third-order valence-corrected chi connectivity index (χ3v) is 3.47. The lowest BCUT2D eigenvalue weighted by Crippen LogP contribution is -2.41. The van der Waals surface area contributed by atoms with Crippen molar-refractivity contribution < 1.29 is 20.9 Å². The molecule has 1 fully saturated rings. The average molecular weight is 254 g/mol. The second-order valence-corrected chi connectivity index (χ2v) is 5.27. The van der Waals surface area contributed by atoms with Gasteiger partial charge < -0.3 is 14.0 Å². The Morgan fingerprint density at radius 3 is 2.67 bits per heavy atom. The van der Waals surface area contributed by atoms with Crippen LogP contribution in [0.5, 0.6) is 0 Å². The Kier molecular flexibility index (Phi) is 2.14. The van der Waals surface area contributed by atoms with Gasteiger partial charge in [-0.1, -0.05) is 0 Å². The van der Waals surface area contributed by atoms with Crippen molar-refractivity contribution >= 4 is 12.6 Å². The first-order chi connectivity index (χ1) is 10.2. The first-order valence-corrected chi connectivity index (χ1v) is 5.76. The summed E-state index contributed by atoms with van der Waals surface area (Å²) in [6.45, 7) is 5.08. The lowest BCUT2D eigenvalue weighted by atomic mass is 9.79. The lowest BCUT2D eigenvalue weighted by Gasteiger charge is -2.32. The fourth-order valence-electron chi connectivity index (χ4n) is 1.68. The normalized spacial score (nSPS) is 26.9.